The molecule has 1 fully saturated rings. The molecule has 0 radical (unpaired) electrons. The zero-order valence-electron chi connectivity index (χ0n) is 16.6. The van der Waals surface area contributed by atoms with E-state index < -0.39 is 0 Å². The van der Waals surface area contributed by atoms with Crippen molar-refractivity contribution in [1.82, 2.24) is 14.9 Å². The fraction of sp³-hybridized carbons (Fsp3) is 0.476. The lowest BCUT2D eigenvalue weighted by atomic mass is 9.94. The van der Waals surface area contributed by atoms with Crippen LogP contribution in [-0.2, 0) is 0 Å². The molecule has 1 aromatic heterocycles. The van der Waals surface area contributed by atoms with Crippen LogP contribution < -0.4 is 10.2 Å². The van der Waals surface area contributed by atoms with Crippen LogP contribution in [0.25, 0.3) is 0 Å². The number of hydrogen-bond acceptors (Lipinski definition) is 4. The van der Waals surface area contributed by atoms with E-state index >= 15 is 0 Å². The van der Waals surface area contributed by atoms with Gasteiger partial charge in [0.25, 0.3) is 0 Å². The summed E-state index contributed by atoms with van der Waals surface area (Å²) in [5.74, 6) is 1.55. The second kappa shape index (κ2) is 8.37. The van der Waals surface area contributed by atoms with E-state index in [1.54, 1.807) is 12.4 Å². The van der Waals surface area contributed by atoms with Crippen molar-refractivity contribution >= 4 is 17.7 Å². The van der Waals surface area contributed by atoms with Crippen LogP contribution in [0.4, 0.5) is 16.4 Å². The van der Waals surface area contributed by atoms with E-state index in [2.05, 4.69) is 60.0 Å². The normalized spacial score (nSPS) is 14.7. The molecule has 1 aromatic carbocycles. The number of hydrogen-bond donors (Lipinski definition) is 1. The maximum absolute atomic E-state index is 12.8. The lowest BCUT2D eigenvalue weighted by Crippen LogP contribution is -2.50. The molecule has 2 amide bonds. The Morgan fingerprint density at radius 2 is 1.67 bits per heavy atom. The number of rotatable bonds is 4. The van der Waals surface area contributed by atoms with E-state index in [0.717, 1.165) is 24.7 Å². The molecule has 27 heavy (non-hydrogen) atoms. The third-order valence-corrected chi connectivity index (χ3v) is 5.01. The molecular formula is C21H29N5O. The number of anilines is 2. The number of carbonyl (C=O) groups excluding carboxylic acids is 1. The fourth-order valence-corrected chi connectivity index (χ4v) is 3.29. The number of amides is 2. The Balaban J connectivity index is 1.64. The lowest BCUT2D eigenvalue weighted by molar-refractivity contribution is 0.208. The maximum atomic E-state index is 12.8. The van der Waals surface area contributed by atoms with Crippen LogP contribution in [0.5, 0.6) is 0 Å². The number of carbonyl (C=O) groups is 1. The minimum atomic E-state index is -0.0390. The van der Waals surface area contributed by atoms with Gasteiger partial charge in [-0.2, -0.15) is 0 Å². The quantitative estimate of drug-likeness (QED) is 0.885. The van der Waals surface area contributed by atoms with Crippen molar-refractivity contribution in [3.05, 3.63) is 47.8 Å². The molecule has 0 atom stereocenters. The van der Waals surface area contributed by atoms with Crippen LogP contribution in [0.3, 0.4) is 0 Å². The van der Waals surface area contributed by atoms with Gasteiger partial charge in [-0.3, -0.25) is 0 Å². The van der Waals surface area contributed by atoms with Gasteiger partial charge in [0.15, 0.2) is 0 Å². The standard InChI is InChI=1S/C21H29N5O/c1-15(2)17-6-7-19(18(14-17)16(3)4)24-21(27)26-12-10-25(11-13-26)20-22-8-5-9-23-20/h5-9,14-16H,10-13H2,1-4H3,(H,24,27). The van der Waals surface area contributed by atoms with Crippen molar-refractivity contribution in [2.45, 2.75) is 39.5 Å². The number of piperazine rings is 1. The molecule has 0 saturated carbocycles. The molecule has 144 valence electrons. The average Bonchev–Trinajstić information content (AvgIpc) is 2.68. The first-order valence-electron chi connectivity index (χ1n) is 9.67. The predicted octanol–water partition coefficient (Wildman–Crippen LogP) is 4.08. The van der Waals surface area contributed by atoms with Gasteiger partial charge >= 0.3 is 6.03 Å². The first-order chi connectivity index (χ1) is 13.0. The number of benzene rings is 1. The Morgan fingerprint density at radius 1 is 1.00 bits per heavy atom. The fourth-order valence-electron chi connectivity index (χ4n) is 3.29. The van der Waals surface area contributed by atoms with Crippen molar-refractivity contribution in [1.29, 1.82) is 0 Å². The van der Waals surface area contributed by atoms with Crippen LogP contribution in [0, 0.1) is 0 Å². The molecule has 0 aliphatic carbocycles. The van der Waals surface area contributed by atoms with Crippen molar-refractivity contribution in [2.24, 2.45) is 0 Å². The van der Waals surface area contributed by atoms with Gasteiger partial charge in [0.05, 0.1) is 0 Å². The highest BCUT2D eigenvalue weighted by atomic mass is 16.2. The van der Waals surface area contributed by atoms with Gasteiger partial charge in [-0.25, -0.2) is 14.8 Å². The molecule has 0 unspecified atom stereocenters. The van der Waals surface area contributed by atoms with Crippen molar-refractivity contribution in [3.8, 4) is 0 Å². The molecule has 1 saturated heterocycles. The third-order valence-electron chi connectivity index (χ3n) is 5.01. The SMILES string of the molecule is CC(C)c1ccc(NC(=O)N2CCN(c3ncccn3)CC2)c(C(C)C)c1. The molecule has 0 spiro atoms. The number of nitrogens with one attached hydrogen (secondary N) is 1. The average molecular weight is 367 g/mol. The summed E-state index contributed by atoms with van der Waals surface area (Å²) in [5, 5.41) is 3.12. The summed E-state index contributed by atoms with van der Waals surface area (Å²) in [6.45, 7) is 11.5. The Kier molecular flexibility index (Phi) is 5.94. The van der Waals surface area contributed by atoms with Crippen LogP contribution >= 0.6 is 0 Å². The van der Waals surface area contributed by atoms with E-state index in [0.29, 0.717) is 24.9 Å². The molecule has 2 heterocycles. The van der Waals surface area contributed by atoms with Gasteiger partial charge < -0.3 is 15.1 Å². The molecule has 2 aromatic rings. The molecule has 0 bridgehead atoms. The predicted molar refractivity (Wildman–Crippen MR) is 109 cm³/mol. The first-order valence-corrected chi connectivity index (χ1v) is 9.67. The Morgan fingerprint density at radius 3 is 2.26 bits per heavy atom. The second-order valence-electron chi connectivity index (χ2n) is 7.61. The summed E-state index contributed by atoms with van der Waals surface area (Å²) in [4.78, 5) is 25.3. The summed E-state index contributed by atoms with van der Waals surface area (Å²) in [6, 6.07) is 8.13. The van der Waals surface area contributed by atoms with Gasteiger partial charge in [0.2, 0.25) is 5.95 Å². The summed E-state index contributed by atoms with van der Waals surface area (Å²) in [7, 11) is 0. The van der Waals surface area contributed by atoms with Crippen LogP contribution in [0.15, 0.2) is 36.7 Å². The first kappa shape index (κ1) is 19.1. The Labute approximate surface area is 161 Å². The summed E-state index contributed by atoms with van der Waals surface area (Å²) >= 11 is 0. The van der Waals surface area contributed by atoms with E-state index in [4.69, 9.17) is 0 Å². The Bertz CT molecular complexity index is 767. The van der Waals surface area contributed by atoms with Crippen LogP contribution in [-0.4, -0.2) is 47.1 Å². The van der Waals surface area contributed by atoms with E-state index in [9.17, 15) is 4.79 Å². The molecule has 6 nitrogen and oxygen atoms in total. The van der Waals surface area contributed by atoms with Gasteiger partial charge in [0, 0.05) is 44.3 Å². The number of urea groups is 1. The molecular weight excluding hydrogens is 338 g/mol. The van der Waals surface area contributed by atoms with Gasteiger partial charge in [-0.1, -0.05) is 39.8 Å². The van der Waals surface area contributed by atoms with Crippen molar-refractivity contribution < 1.29 is 4.79 Å². The number of nitrogens with zero attached hydrogens (tertiary/aromatic N) is 4. The topological polar surface area (TPSA) is 61.4 Å². The molecule has 3 rings (SSSR count). The minimum Gasteiger partial charge on any atom is -0.337 e. The molecule has 1 aliphatic rings. The smallest absolute Gasteiger partial charge is 0.321 e. The highest BCUT2D eigenvalue weighted by Crippen LogP contribution is 2.28. The van der Waals surface area contributed by atoms with Gasteiger partial charge in [-0.05, 0) is 35.1 Å². The third kappa shape index (κ3) is 4.56. The van der Waals surface area contributed by atoms with Crippen molar-refractivity contribution in [2.75, 3.05) is 36.4 Å². The Hall–Kier alpha value is -2.63. The monoisotopic (exact) mass is 367 g/mol. The second-order valence-corrected chi connectivity index (χ2v) is 7.61. The van der Waals surface area contributed by atoms with E-state index in [-0.39, 0.29) is 6.03 Å². The van der Waals surface area contributed by atoms with Gasteiger partial charge in [-0.15, -0.1) is 0 Å². The molecule has 6 heteroatoms. The number of aromatic nitrogens is 2. The lowest BCUT2D eigenvalue weighted by Gasteiger charge is -2.34. The summed E-state index contributed by atoms with van der Waals surface area (Å²) in [5.41, 5.74) is 3.40. The summed E-state index contributed by atoms with van der Waals surface area (Å²) < 4.78 is 0. The van der Waals surface area contributed by atoms with E-state index in [1.165, 1.54) is 11.1 Å². The van der Waals surface area contributed by atoms with E-state index in [1.807, 2.05) is 17.0 Å². The molecule has 1 N–H and O–H groups in total. The van der Waals surface area contributed by atoms with Crippen molar-refractivity contribution in [3.63, 3.8) is 0 Å². The minimum absolute atomic E-state index is 0.0390. The largest absolute Gasteiger partial charge is 0.337 e. The van der Waals surface area contributed by atoms with Crippen LogP contribution in [0.2, 0.25) is 0 Å². The zero-order valence-corrected chi connectivity index (χ0v) is 16.6. The van der Waals surface area contributed by atoms with Crippen LogP contribution in [0.1, 0.15) is 50.7 Å². The molecule has 1 aliphatic heterocycles. The summed E-state index contributed by atoms with van der Waals surface area (Å²) in [6.07, 6.45) is 3.49. The zero-order chi connectivity index (χ0) is 19.4. The maximum Gasteiger partial charge on any atom is 0.321 e. The van der Waals surface area contributed by atoms with Gasteiger partial charge in [0.1, 0.15) is 0 Å². The highest BCUT2D eigenvalue weighted by molar-refractivity contribution is 5.90. The highest BCUT2D eigenvalue weighted by Gasteiger charge is 2.23.